The van der Waals surface area contributed by atoms with E-state index in [0.717, 1.165) is 0 Å². The molecule has 0 radical (unpaired) electrons. The molecule has 4 N–H and O–H groups in total. The highest BCUT2D eigenvalue weighted by Crippen LogP contribution is 2.16. The van der Waals surface area contributed by atoms with Crippen molar-refractivity contribution in [2.24, 2.45) is 0 Å². The second-order valence-corrected chi connectivity index (χ2v) is 5.68. The number of aryl methyl sites for hydroxylation is 1. The summed E-state index contributed by atoms with van der Waals surface area (Å²) in [6.45, 7) is 6.78. The van der Waals surface area contributed by atoms with Crippen molar-refractivity contribution in [3.63, 3.8) is 0 Å². The first kappa shape index (κ1) is 15.9. The number of hydrogen-bond acceptors (Lipinski definition) is 3. The minimum atomic E-state index is -0.665. The molecule has 0 atom stereocenters. The van der Waals surface area contributed by atoms with Gasteiger partial charge in [0.05, 0.1) is 12.1 Å². The first-order chi connectivity index (χ1) is 9.10. The van der Waals surface area contributed by atoms with E-state index in [1.54, 1.807) is 0 Å². The molecule has 1 aromatic rings. The quantitative estimate of drug-likeness (QED) is 0.731. The summed E-state index contributed by atoms with van der Waals surface area (Å²) in [4.78, 5) is 23.4. The van der Waals surface area contributed by atoms with Crippen molar-refractivity contribution >= 4 is 17.5 Å². The van der Waals surface area contributed by atoms with E-state index in [9.17, 15) is 14.0 Å². The molecule has 0 spiro atoms. The minimum absolute atomic E-state index is 0.161. The molecule has 0 bridgehead atoms. The third kappa shape index (κ3) is 4.53. The van der Waals surface area contributed by atoms with Gasteiger partial charge in [0.25, 0.3) is 5.91 Å². The third-order valence-electron chi connectivity index (χ3n) is 2.45. The van der Waals surface area contributed by atoms with Gasteiger partial charge >= 0.3 is 0 Å². The number of benzene rings is 1. The first-order valence-corrected chi connectivity index (χ1v) is 6.25. The van der Waals surface area contributed by atoms with E-state index in [1.165, 1.54) is 19.1 Å². The first-order valence-electron chi connectivity index (χ1n) is 6.25. The van der Waals surface area contributed by atoms with Crippen LogP contribution in [-0.2, 0) is 4.79 Å². The van der Waals surface area contributed by atoms with Gasteiger partial charge in [-0.3, -0.25) is 9.59 Å². The number of anilines is 1. The summed E-state index contributed by atoms with van der Waals surface area (Å²) in [6.07, 6.45) is 0. The van der Waals surface area contributed by atoms with E-state index < -0.39 is 11.7 Å². The SMILES string of the molecule is Cc1cc(N)cc(C(=O)NCC(=O)NC(C)(C)C)c1F. The number of hydrogen-bond donors (Lipinski definition) is 3. The Hall–Kier alpha value is -2.11. The van der Waals surface area contributed by atoms with Crippen LogP contribution in [0.1, 0.15) is 36.7 Å². The second kappa shape index (κ2) is 5.90. The van der Waals surface area contributed by atoms with Crippen LogP contribution in [-0.4, -0.2) is 23.9 Å². The van der Waals surface area contributed by atoms with E-state index >= 15 is 0 Å². The number of nitrogens with two attached hydrogens (primary N) is 1. The van der Waals surface area contributed by atoms with E-state index in [1.807, 2.05) is 20.8 Å². The zero-order valence-electron chi connectivity index (χ0n) is 12.1. The standard InChI is InChI=1S/C14H20FN3O2/c1-8-5-9(16)6-10(12(8)15)13(20)17-7-11(19)18-14(2,3)4/h5-6H,7,16H2,1-4H3,(H,17,20)(H,18,19). The van der Waals surface area contributed by atoms with Crippen molar-refractivity contribution in [3.05, 3.63) is 29.1 Å². The van der Waals surface area contributed by atoms with E-state index in [4.69, 9.17) is 5.73 Å². The van der Waals surface area contributed by atoms with Gasteiger partial charge in [0.15, 0.2) is 0 Å². The van der Waals surface area contributed by atoms with Crippen LogP contribution in [0.5, 0.6) is 0 Å². The molecule has 0 heterocycles. The summed E-state index contributed by atoms with van der Waals surface area (Å²) in [6, 6.07) is 2.69. The summed E-state index contributed by atoms with van der Waals surface area (Å²) >= 11 is 0. The Morgan fingerprint density at radius 1 is 1.30 bits per heavy atom. The number of amides is 2. The zero-order chi connectivity index (χ0) is 15.5. The van der Waals surface area contributed by atoms with E-state index in [0.29, 0.717) is 5.69 Å². The van der Waals surface area contributed by atoms with Crippen LogP contribution in [0.2, 0.25) is 0 Å². The van der Waals surface area contributed by atoms with Crippen molar-refractivity contribution in [3.8, 4) is 0 Å². The molecule has 0 aliphatic carbocycles. The molecule has 0 saturated carbocycles. The number of nitrogens with one attached hydrogen (secondary N) is 2. The van der Waals surface area contributed by atoms with Crippen LogP contribution in [0.4, 0.5) is 10.1 Å². The molecule has 6 heteroatoms. The number of halogens is 1. The van der Waals surface area contributed by atoms with Crippen LogP contribution < -0.4 is 16.4 Å². The highest BCUT2D eigenvalue weighted by Gasteiger charge is 2.17. The largest absolute Gasteiger partial charge is 0.399 e. The summed E-state index contributed by atoms with van der Waals surface area (Å²) in [5, 5.41) is 5.06. The Bertz CT molecular complexity index is 536. The fourth-order valence-electron chi connectivity index (χ4n) is 1.68. The maximum Gasteiger partial charge on any atom is 0.254 e. The fourth-order valence-corrected chi connectivity index (χ4v) is 1.68. The van der Waals surface area contributed by atoms with E-state index in [2.05, 4.69) is 10.6 Å². The van der Waals surface area contributed by atoms with Gasteiger partial charge in [0.2, 0.25) is 5.91 Å². The Morgan fingerprint density at radius 3 is 2.45 bits per heavy atom. The molecular formula is C14H20FN3O2. The smallest absolute Gasteiger partial charge is 0.254 e. The minimum Gasteiger partial charge on any atom is -0.399 e. The Labute approximate surface area is 117 Å². The van der Waals surface area contributed by atoms with Gasteiger partial charge in [-0.05, 0) is 45.4 Å². The molecule has 0 unspecified atom stereocenters. The molecule has 0 fully saturated rings. The lowest BCUT2D eigenvalue weighted by molar-refractivity contribution is -0.121. The van der Waals surface area contributed by atoms with Crippen LogP contribution in [0, 0.1) is 12.7 Å². The fraction of sp³-hybridized carbons (Fsp3) is 0.429. The molecular weight excluding hydrogens is 261 g/mol. The topological polar surface area (TPSA) is 84.2 Å². The number of rotatable bonds is 3. The van der Waals surface area contributed by atoms with Gasteiger partial charge in [0.1, 0.15) is 5.82 Å². The normalized spacial score (nSPS) is 11.1. The lowest BCUT2D eigenvalue weighted by atomic mass is 10.1. The predicted octanol–water partition coefficient (Wildman–Crippen LogP) is 1.36. The van der Waals surface area contributed by atoms with Crippen molar-refractivity contribution in [2.45, 2.75) is 33.2 Å². The number of carbonyl (C=O) groups excluding carboxylic acids is 2. The van der Waals surface area contributed by atoms with Gasteiger partial charge in [-0.15, -0.1) is 0 Å². The average molecular weight is 281 g/mol. The monoisotopic (exact) mass is 281 g/mol. The van der Waals surface area contributed by atoms with Crippen molar-refractivity contribution in [2.75, 3.05) is 12.3 Å². The van der Waals surface area contributed by atoms with Gasteiger partial charge in [-0.1, -0.05) is 0 Å². The summed E-state index contributed by atoms with van der Waals surface area (Å²) in [5.41, 5.74) is 5.62. The maximum atomic E-state index is 13.8. The molecule has 1 aromatic carbocycles. The molecule has 0 aliphatic heterocycles. The lowest BCUT2D eigenvalue weighted by Gasteiger charge is -2.20. The summed E-state index contributed by atoms with van der Waals surface area (Å²) in [7, 11) is 0. The van der Waals surface area contributed by atoms with Crippen LogP contribution in [0.25, 0.3) is 0 Å². The highest BCUT2D eigenvalue weighted by atomic mass is 19.1. The number of nitrogen functional groups attached to an aromatic ring is 1. The lowest BCUT2D eigenvalue weighted by Crippen LogP contribution is -2.45. The highest BCUT2D eigenvalue weighted by molar-refractivity contribution is 5.97. The van der Waals surface area contributed by atoms with Crippen molar-refractivity contribution in [1.29, 1.82) is 0 Å². The molecule has 0 aromatic heterocycles. The Morgan fingerprint density at radius 2 is 1.90 bits per heavy atom. The van der Waals surface area contributed by atoms with Crippen molar-refractivity contribution in [1.82, 2.24) is 10.6 Å². The predicted molar refractivity (Wildman–Crippen MR) is 75.8 cm³/mol. The Kier molecular flexibility index (Phi) is 4.70. The molecule has 0 saturated heterocycles. The third-order valence-corrected chi connectivity index (χ3v) is 2.45. The maximum absolute atomic E-state index is 13.8. The number of carbonyl (C=O) groups is 2. The molecule has 0 aliphatic rings. The summed E-state index contributed by atoms with van der Waals surface area (Å²) < 4.78 is 13.8. The van der Waals surface area contributed by atoms with Gasteiger partial charge < -0.3 is 16.4 Å². The van der Waals surface area contributed by atoms with Crippen LogP contribution in [0.15, 0.2) is 12.1 Å². The summed E-state index contributed by atoms with van der Waals surface area (Å²) in [5.74, 6) is -1.64. The molecule has 110 valence electrons. The molecule has 2 amide bonds. The van der Waals surface area contributed by atoms with Gasteiger partial charge in [0, 0.05) is 11.2 Å². The Balaban J connectivity index is 2.71. The molecule has 20 heavy (non-hydrogen) atoms. The second-order valence-electron chi connectivity index (χ2n) is 5.68. The van der Waals surface area contributed by atoms with Gasteiger partial charge in [-0.25, -0.2) is 4.39 Å². The molecule has 1 rings (SSSR count). The van der Waals surface area contributed by atoms with E-state index in [-0.39, 0.29) is 29.1 Å². The van der Waals surface area contributed by atoms with Crippen molar-refractivity contribution < 1.29 is 14.0 Å². The van der Waals surface area contributed by atoms with Crippen LogP contribution >= 0.6 is 0 Å². The van der Waals surface area contributed by atoms with Gasteiger partial charge in [-0.2, -0.15) is 0 Å². The average Bonchev–Trinajstić information content (AvgIpc) is 2.28. The van der Waals surface area contributed by atoms with Crippen LogP contribution in [0.3, 0.4) is 0 Å². The zero-order valence-corrected chi connectivity index (χ0v) is 12.1. The molecule has 5 nitrogen and oxygen atoms in total.